The molecule has 0 aliphatic carbocycles. The second kappa shape index (κ2) is 17.7. The van der Waals surface area contributed by atoms with Gasteiger partial charge in [-0.25, -0.2) is 13.2 Å². The summed E-state index contributed by atoms with van der Waals surface area (Å²) < 4.78 is 46.1. The molecule has 1 aliphatic rings. The number of urea groups is 1. The lowest BCUT2D eigenvalue weighted by atomic mass is 10.0. The van der Waals surface area contributed by atoms with E-state index in [1.54, 1.807) is 85.7 Å². The molecule has 1 heterocycles. The summed E-state index contributed by atoms with van der Waals surface area (Å²) in [6, 6.07) is 17.4. The Morgan fingerprint density at radius 2 is 1.70 bits per heavy atom. The van der Waals surface area contributed by atoms with Gasteiger partial charge in [0.25, 0.3) is 5.91 Å². The van der Waals surface area contributed by atoms with Crippen LogP contribution < -0.4 is 20.1 Å². The van der Waals surface area contributed by atoms with Crippen LogP contribution in [0.5, 0.6) is 11.5 Å². The van der Waals surface area contributed by atoms with Crippen LogP contribution in [0, 0.1) is 12.8 Å². The van der Waals surface area contributed by atoms with Crippen molar-refractivity contribution in [1.29, 1.82) is 0 Å². The molecule has 1 aliphatic heterocycles. The van der Waals surface area contributed by atoms with Gasteiger partial charge in [0.1, 0.15) is 11.5 Å². The number of nitrogens with one attached hydrogen (secondary N) is 2. The van der Waals surface area contributed by atoms with E-state index in [0.717, 1.165) is 18.4 Å². The maximum atomic E-state index is 14.4. The predicted octanol–water partition coefficient (Wildman–Crippen LogP) is 5.76. The first-order valence-corrected chi connectivity index (χ1v) is 18.4. The lowest BCUT2D eigenvalue weighted by Gasteiger charge is -2.35. The molecule has 0 unspecified atom stereocenters. The van der Waals surface area contributed by atoms with Gasteiger partial charge in [-0.15, -0.1) is 0 Å². The van der Waals surface area contributed by atoms with Crippen LogP contribution in [0.15, 0.2) is 71.6 Å². The number of fused-ring (bicyclic) bond motifs is 1. The molecule has 50 heavy (non-hydrogen) atoms. The molecule has 3 aromatic carbocycles. The van der Waals surface area contributed by atoms with Crippen LogP contribution in [-0.2, 0) is 14.8 Å². The van der Waals surface area contributed by atoms with E-state index in [9.17, 15) is 23.1 Å². The van der Waals surface area contributed by atoms with Gasteiger partial charge in [0.15, 0.2) is 0 Å². The number of carbonyl (C=O) groups is 2. The Morgan fingerprint density at radius 1 is 1.04 bits per heavy atom. The molecule has 0 fully saturated rings. The highest BCUT2D eigenvalue weighted by molar-refractivity contribution is 7.89. The van der Waals surface area contributed by atoms with Crippen molar-refractivity contribution in [3.8, 4) is 11.5 Å². The first-order chi connectivity index (χ1) is 23.8. The van der Waals surface area contributed by atoms with Crippen molar-refractivity contribution in [2.45, 2.75) is 70.1 Å². The quantitative estimate of drug-likeness (QED) is 0.254. The number of ether oxygens (including phenoxy) is 3. The summed E-state index contributed by atoms with van der Waals surface area (Å²) >= 11 is 0. The number of anilines is 2. The Morgan fingerprint density at radius 3 is 2.36 bits per heavy atom. The Balaban J connectivity index is 1.61. The third kappa shape index (κ3) is 10.2. The molecule has 13 heteroatoms. The van der Waals surface area contributed by atoms with E-state index < -0.39 is 34.1 Å². The molecule has 272 valence electrons. The van der Waals surface area contributed by atoms with Crippen molar-refractivity contribution in [1.82, 2.24) is 9.21 Å². The highest BCUT2D eigenvalue weighted by Crippen LogP contribution is 2.29. The smallest absolute Gasteiger partial charge is 0.323 e. The first kappa shape index (κ1) is 38.6. The van der Waals surface area contributed by atoms with Crippen molar-refractivity contribution < 1.29 is 37.3 Å². The number of rotatable bonds is 9. The number of sulfonamides is 1. The minimum absolute atomic E-state index is 0.0698. The third-order valence-corrected chi connectivity index (χ3v) is 10.7. The van der Waals surface area contributed by atoms with Crippen molar-refractivity contribution in [3.05, 3.63) is 77.9 Å². The van der Waals surface area contributed by atoms with Gasteiger partial charge in [0, 0.05) is 44.0 Å². The Labute approximate surface area is 295 Å². The van der Waals surface area contributed by atoms with E-state index in [-0.39, 0.29) is 42.2 Å². The molecule has 4 rings (SSSR count). The largest absolute Gasteiger partial charge is 0.497 e. The summed E-state index contributed by atoms with van der Waals surface area (Å²) in [4.78, 5) is 29.0. The molecule has 0 saturated heterocycles. The Bertz CT molecular complexity index is 1680. The number of likely N-dealkylation sites (N-methyl/N-ethyl adjacent to an activating group) is 1. The summed E-state index contributed by atoms with van der Waals surface area (Å²) in [5.74, 6) is 0.283. The zero-order valence-corrected chi connectivity index (χ0v) is 30.5. The Hall–Kier alpha value is -4.17. The van der Waals surface area contributed by atoms with E-state index in [1.165, 1.54) is 11.4 Å². The van der Waals surface area contributed by atoms with Gasteiger partial charge in [-0.3, -0.25) is 4.79 Å². The van der Waals surface area contributed by atoms with Gasteiger partial charge in [0.2, 0.25) is 10.0 Å². The molecule has 0 spiro atoms. The zero-order valence-electron chi connectivity index (χ0n) is 29.7. The first-order valence-electron chi connectivity index (χ1n) is 16.9. The van der Waals surface area contributed by atoms with Crippen LogP contribution in [0.4, 0.5) is 16.2 Å². The standard InChI is InChI=1S/C37H50N4O8S/c1-25-10-17-32(18-11-25)50(45,46)40(5)23-35-26(2)22-41(27(3)24-42)36(43)33-21-30(14-19-34(33)49-28(4)9-7-8-20-48-35)39-37(44)38-29-12-15-31(47-6)16-13-29/h10-19,21,26-28,35,42H,7-9,20,22-24H2,1-6H3,(H2,38,39,44)/t26-,27-,28+,35-/m1/s1. The summed E-state index contributed by atoms with van der Waals surface area (Å²) in [7, 11) is -0.706. The van der Waals surface area contributed by atoms with E-state index in [4.69, 9.17) is 14.2 Å². The number of carbonyl (C=O) groups excluding carboxylic acids is 2. The van der Waals surface area contributed by atoms with Gasteiger partial charge < -0.3 is 34.9 Å². The lowest BCUT2D eigenvalue weighted by Crippen LogP contribution is -2.48. The second-order valence-corrected chi connectivity index (χ2v) is 15.0. The molecule has 3 aromatic rings. The monoisotopic (exact) mass is 710 g/mol. The van der Waals surface area contributed by atoms with Gasteiger partial charge in [0.05, 0.1) is 42.4 Å². The number of hydrogen-bond donors (Lipinski definition) is 3. The van der Waals surface area contributed by atoms with Crippen LogP contribution >= 0.6 is 0 Å². The van der Waals surface area contributed by atoms with E-state index in [1.807, 2.05) is 20.8 Å². The van der Waals surface area contributed by atoms with E-state index in [2.05, 4.69) is 10.6 Å². The van der Waals surface area contributed by atoms with Crippen LogP contribution in [0.3, 0.4) is 0 Å². The summed E-state index contributed by atoms with van der Waals surface area (Å²) in [6.07, 6.45) is 1.44. The van der Waals surface area contributed by atoms with Gasteiger partial charge in [-0.05, 0) is 94.6 Å². The average molecular weight is 711 g/mol. The van der Waals surface area contributed by atoms with E-state index in [0.29, 0.717) is 35.9 Å². The molecule has 12 nitrogen and oxygen atoms in total. The number of amides is 3. The number of aryl methyl sites for hydroxylation is 1. The number of benzene rings is 3. The molecule has 3 amide bonds. The lowest BCUT2D eigenvalue weighted by molar-refractivity contribution is -0.00833. The summed E-state index contributed by atoms with van der Waals surface area (Å²) in [5.41, 5.74) is 2.11. The van der Waals surface area contributed by atoms with Crippen LogP contribution in [0.1, 0.15) is 56.0 Å². The molecular weight excluding hydrogens is 660 g/mol. The average Bonchev–Trinajstić information content (AvgIpc) is 3.09. The highest BCUT2D eigenvalue weighted by Gasteiger charge is 2.32. The summed E-state index contributed by atoms with van der Waals surface area (Å²) in [5, 5.41) is 15.8. The number of nitrogens with zero attached hydrogens (tertiary/aromatic N) is 2. The van der Waals surface area contributed by atoms with E-state index >= 15 is 0 Å². The molecule has 0 aromatic heterocycles. The SMILES string of the molecule is COc1ccc(NC(=O)Nc2ccc3c(c2)C(=O)N([C@H](C)CO)C[C@@H](C)[C@@H](CN(C)S(=O)(=O)c2ccc(C)cc2)OCCCC[C@H](C)O3)cc1. The highest BCUT2D eigenvalue weighted by atomic mass is 32.2. The van der Waals surface area contributed by atoms with Crippen molar-refractivity contribution in [2.75, 3.05) is 51.1 Å². The number of methoxy groups -OCH3 is 1. The minimum atomic E-state index is -3.80. The van der Waals surface area contributed by atoms with Gasteiger partial charge in [-0.1, -0.05) is 24.6 Å². The van der Waals surface area contributed by atoms with Crippen LogP contribution in [-0.4, -0.2) is 93.4 Å². The topological polar surface area (TPSA) is 147 Å². The molecule has 0 bridgehead atoms. The fourth-order valence-electron chi connectivity index (χ4n) is 5.67. The molecular formula is C37H50N4O8S. The minimum Gasteiger partial charge on any atom is -0.497 e. The fraction of sp³-hybridized carbons (Fsp3) is 0.459. The van der Waals surface area contributed by atoms with Crippen molar-refractivity contribution in [2.24, 2.45) is 5.92 Å². The van der Waals surface area contributed by atoms with Crippen molar-refractivity contribution >= 4 is 33.3 Å². The fourth-order valence-corrected chi connectivity index (χ4v) is 6.86. The van der Waals surface area contributed by atoms with Crippen LogP contribution in [0.2, 0.25) is 0 Å². The predicted molar refractivity (Wildman–Crippen MR) is 194 cm³/mol. The van der Waals surface area contributed by atoms with Crippen LogP contribution in [0.25, 0.3) is 0 Å². The number of hydrogen-bond acceptors (Lipinski definition) is 8. The molecule has 0 radical (unpaired) electrons. The number of aliphatic hydroxyl groups is 1. The molecule has 3 N–H and O–H groups in total. The third-order valence-electron chi connectivity index (χ3n) is 8.82. The van der Waals surface area contributed by atoms with Gasteiger partial charge >= 0.3 is 6.03 Å². The van der Waals surface area contributed by atoms with Crippen molar-refractivity contribution in [3.63, 3.8) is 0 Å². The van der Waals surface area contributed by atoms with Gasteiger partial charge in [-0.2, -0.15) is 4.31 Å². The maximum Gasteiger partial charge on any atom is 0.323 e. The number of aliphatic hydroxyl groups excluding tert-OH is 1. The molecule has 0 saturated carbocycles. The second-order valence-electron chi connectivity index (χ2n) is 12.9. The molecule has 4 atom stereocenters. The maximum absolute atomic E-state index is 14.4. The summed E-state index contributed by atoms with van der Waals surface area (Å²) in [6.45, 7) is 7.82. The zero-order chi connectivity index (χ0) is 36.4. The Kier molecular flexibility index (Phi) is 13.6. The normalized spacial score (nSPS) is 19.9.